The summed E-state index contributed by atoms with van der Waals surface area (Å²) >= 11 is 2.88. The summed E-state index contributed by atoms with van der Waals surface area (Å²) in [6.45, 7) is 36.3. The van der Waals surface area contributed by atoms with Crippen molar-refractivity contribution < 1.29 is 57.3 Å². The van der Waals surface area contributed by atoms with Gasteiger partial charge in [-0.2, -0.15) is 23.5 Å². The Hall–Kier alpha value is -3.74. The van der Waals surface area contributed by atoms with Crippen LogP contribution in [-0.4, -0.2) is 135 Å². The van der Waals surface area contributed by atoms with Gasteiger partial charge in [0.05, 0.1) is 50.8 Å². The lowest BCUT2D eigenvalue weighted by molar-refractivity contribution is -0.153. The minimum atomic E-state index is -0.195. The highest BCUT2D eigenvalue weighted by Gasteiger charge is 2.61. The fourth-order valence-corrected chi connectivity index (χ4v) is 25.2. The van der Waals surface area contributed by atoms with E-state index in [1.54, 1.807) is 11.1 Å². The number of fused-ring (bicyclic) bond motifs is 10. The molecule has 6 fully saturated rings. The van der Waals surface area contributed by atoms with E-state index in [9.17, 15) is 38.4 Å². The van der Waals surface area contributed by atoms with Gasteiger partial charge in [-0.25, -0.2) is 0 Å². The maximum atomic E-state index is 12.8. The third kappa shape index (κ3) is 29.3. The number of carbonyl (C=O) groups excluding carboxylic acids is 8. The second kappa shape index (κ2) is 49.9. The normalized spacial score (nSPS) is 29.1. The average molecular weight is 1630 g/mol. The molecule has 0 heterocycles. The van der Waals surface area contributed by atoms with E-state index in [1.165, 1.54) is 126 Å². The molecule has 18 atom stereocenters. The Kier molecular flexibility index (Phi) is 42.6. The van der Waals surface area contributed by atoms with E-state index >= 15 is 0 Å². The van der Waals surface area contributed by atoms with Crippen molar-refractivity contribution in [2.45, 2.75) is 353 Å². The zero-order valence-corrected chi connectivity index (χ0v) is 76.1. The fourth-order valence-electron chi connectivity index (χ4n) is 23.7. The SMILES string of the molecule is CCCC(CCCCNC(=O)CCSCC(=O)NCCOCCC(=O)O[C@@H]1CC[C@]2(C)C(=CC[C@@H]3[C@@H]4CCC(C(C)CCCC(C)C)[C@]4(C)CC[C@@H]32)C1)C(=O)CC.CCCC(CCCCNC(=O)CCSCC(=O)NCCOCCC(=O)O[C@H]1CC[C@@]2(C)C(=CC[C@@H]3[C@H]2CC[C@]2(C)C(C(C)CCCC(C)C)CC[C@H]32)C1)C(=O)CC. The first-order valence-corrected chi connectivity index (χ1v) is 49.2. The quantitative estimate of drug-likeness (QED) is 0.0253. The predicted molar refractivity (Wildman–Crippen MR) is 468 cm³/mol. The summed E-state index contributed by atoms with van der Waals surface area (Å²) in [4.78, 5) is 98.4. The molecule has 652 valence electrons. The molecule has 0 radical (unpaired) electrons. The van der Waals surface area contributed by atoms with Crippen molar-refractivity contribution in [3.63, 3.8) is 0 Å². The number of ketones is 2. The van der Waals surface area contributed by atoms with Gasteiger partial charge >= 0.3 is 11.9 Å². The summed E-state index contributed by atoms with van der Waals surface area (Å²) in [5.41, 5.74) is 4.57. The molecule has 8 rings (SSSR count). The molecular weight excluding hydrogens is 1470 g/mol. The van der Waals surface area contributed by atoms with Crippen LogP contribution in [0, 0.1) is 105 Å². The van der Waals surface area contributed by atoms with Crippen LogP contribution in [-0.2, 0) is 57.3 Å². The highest BCUT2D eigenvalue weighted by atomic mass is 32.2. The van der Waals surface area contributed by atoms with E-state index in [0.29, 0.717) is 110 Å². The number of hydrogen-bond donors (Lipinski definition) is 4. The van der Waals surface area contributed by atoms with Crippen molar-refractivity contribution in [1.29, 1.82) is 0 Å². The summed E-state index contributed by atoms with van der Waals surface area (Å²) < 4.78 is 23.3. The molecule has 0 bridgehead atoms. The summed E-state index contributed by atoms with van der Waals surface area (Å²) in [5.74, 6) is 12.1. The number of allylic oxidation sites excluding steroid dienone is 2. The third-order valence-corrected chi connectivity index (χ3v) is 32.0. The molecule has 6 saturated carbocycles. The van der Waals surface area contributed by atoms with E-state index < -0.39 is 0 Å². The molecule has 0 aliphatic heterocycles. The van der Waals surface area contributed by atoms with Gasteiger partial charge in [0.1, 0.15) is 23.8 Å². The molecule has 8 aliphatic carbocycles. The van der Waals surface area contributed by atoms with Crippen LogP contribution in [0.25, 0.3) is 0 Å². The summed E-state index contributed by atoms with van der Waals surface area (Å²) in [7, 11) is 0. The molecule has 0 spiro atoms. The monoisotopic (exact) mass is 1630 g/mol. The number of ether oxygens (including phenoxy) is 4. The van der Waals surface area contributed by atoms with E-state index in [1.807, 2.05) is 13.8 Å². The molecule has 0 aromatic carbocycles. The van der Waals surface area contributed by atoms with Gasteiger partial charge in [-0.1, -0.05) is 184 Å². The van der Waals surface area contributed by atoms with Gasteiger partial charge in [0.25, 0.3) is 0 Å². The standard InChI is InChI=1S/2C48H82N2O6S/c2*1-8-13-36(43(51)9-2)16-10-11-27-49-44(52)24-31-57-33-45(53)50-28-30-55-29-23-46(54)56-38-21-25-47(6)37(32-38)17-18-39-41-20-19-40(35(5)15-12-14-34(3)4)48(41,7)26-22-42(39)47/h2*17,34-36,38-42H,8-16,18-33H2,1-7H3,(H,49,52)(H,50,53)/t2*35?,36?,38-,39-,40?,41+,42+,47-,48+/m10/s1. The molecule has 18 heteroatoms. The number of rotatable bonds is 52. The lowest BCUT2D eigenvalue weighted by atomic mass is 9.47. The number of amides is 4. The zero-order valence-electron chi connectivity index (χ0n) is 74.5. The average Bonchev–Trinajstić information content (AvgIpc) is 1.44. The molecular formula is C96H164N4O12S2. The second-order valence-corrected chi connectivity index (χ2v) is 40.8. The van der Waals surface area contributed by atoms with Crippen LogP contribution in [0.4, 0.5) is 0 Å². The van der Waals surface area contributed by atoms with E-state index in [-0.39, 0.29) is 96.5 Å². The third-order valence-electron chi connectivity index (χ3n) is 30.1. The first-order valence-electron chi connectivity index (χ1n) is 46.8. The topological polar surface area (TPSA) is 222 Å². The van der Waals surface area contributed by atoms with E-state index in [4.69, 9.17) is 18.9 Å². The second-order valence-electron chi connectivity index (χ2n) is 38.6. The number of esters is 2. The number of carbonyl (C=O) groups is 8. The Bertz CT molecular complexity index is 2830. The smallest absolute Gasteiger partial charge is 0.308 e. The van der Waals surface area contributed by atoms with Gasteiger partial charge in [0.2, 0.25) is 23.6 Å². The van der Waals surface area contributed by atoms with Gasteiger partial charge in [-0.05, 0) is 221 Å². The fraction of sp³-hybridized carbons (Fsp3) is 0.875. The van der Waals surface area contributed by atoms with Crippen molar-refractivity contribution in [3.05, 3.63) is 23.3 Å². The van der Waals surface area contributed by atoms with E-state index in [2.05, 4.69) is 117 Å². The highest BCUT2D eigenvalue weighted by Crippen LogP contribution is 2.69. The van der Waals surface area contributed by atoms with Crippen molar-refractivity contribution in [2.24, 2.45) is 105 Å². The first-order chi connectivity index (χ1) is 54.6. The van der Waals surface area contributed by atoms with Crippen LogP contribution in [0.15, 0.2) is 23.3 Å². The Balaban J connectivity index is 0.000000316. The maximum Gasteiger partial charge on any atom is 0.308 e. The van der Waals surface area contributed by atoms with Crippen molar-refractivity contribution >= 4 is 70.7 Å². The summed E-state index contributed by atoms with van der Waals surface area (Å²) in [6.07, 6.45) is 44.5. The minimum Gasteiger partial charge on any atom is -0.462 e. The van der Waals surface area contributed by atoms with Crippen LogP contribution >= 0.6 is 23.5 Å². The summed E-state index contributed by atoms with van der Waals surface area (Å²) in [6, 6.07) is 0. The zero-order chi connectivity index (χ0) is 82.9. The van der Waals surface area contributed by atoms with Gasteiger partial charge < -0.3 is 40.2 Å². The number of hydrogen-bond acceptors (Lipinski definition) is 14. The largest absolute Gasteiger partial charge is 0.462 e. The van der Waals surface area contributed by atoms with Gasteiger partial charge in [-0.3, -0.25) is 38.4 Å². The van der Waals surface area contributed by atoms with Crippen LogP contribution in [0.2, 0.25) is 0 Å². The lowest BCUT2D eigenvalue weighted by Gasteiger charge is -2.58. The Morgan fingerprint density at radius 3 is 1.19 bits per heavy atom. The number of Topliss-reactive ketones (excluding diaryl/α,β-unsaturated/α-hetero) is 2. The Labute approximate surface area is 701 Å². The Morgan fingerprint density at radius 1 is 0.421 bits per heavy atom. The van der Waals surface area contributed by atoms with Gasteiger partial charge in [0.15, 0.2) is 0 Å². The van der Waals surface area contributed by atoms with Gasteiger partial charge in [-0.15, -0.1) is 0 Å². The molecule has 4 amide bonds. The number of thioether (sulfide) groups is 2. The maximum absolute atomic E-state index is 12.8. The highest BCUT2D eigenvalue weighted by molar-refractivity contribution is 8.00. The Morgan fingerprint density at radius 2 is 0.816 bits per heavy atom. The molecule has 0 aromatic rings. The van der Waals surface area contributed by atoms with Crippen LogP contribution in [0.1, 0.15) is 341 Å². The van der Waals surface area contributed by atoms with E-state index in [0.717, 1.165) is 174 Å². The molecule has 0 aromatic heterocycles. The molecule has 8 aliphatic rings. The molecule has 114 heavy (non-hydrogen) atoms. The van der Waals surface area contributed by atoms with Crippen molar-refractivity contribution in [1.82, 2.24) is 21.3 Å². The van der Waals surface area contributed by atoms with Crippen molar-refractivity contribution in [3.8, 4) is 0 Å². The summed E-state index contributed by atoms with van der Waals surface area (Å²) in [5, 5.41) is 11.6. The van der Waals surface area contributed by atoms with Crippen molar-refractivity contribution in [2.75, 3.05) is 75.6 Å². The molecule has 4 N–H and O–H groups in total. The molecule has 6 unspecified atom stereocenters. The first kappa shape index (κ1) is 97.4. The van der Waals surface area contributed by atoms with Crippen LogP contribution in [0.3, 0.4) is 0 Å². The number of nitrogens with one attached hydrogen (secondary N) is 4. The lowest BCUT2D eigenvalue weighted by Crippen LogP contribution is -2.51. The van der Waals surface area contributed by atoms with Crippen LogP contribution < -0.4 is 21.3 Å². The molecule has 16 nitrogen and oxygen atoms in total. The number of unbranched alkanes of at least 4 members (excludes halogenated alkanes) is 2. The van der Waals surface area contributed by atoms with Crippen LogP contribution in [0.5, 0.6) is 0 Å². The molecule has 0 saturated heterocycles. The minimum absolute atomic E-state index is 0.00247. The predicted octanol–water partition coefficient (Wildman–Crippen LogP) is 20.5. The van der Waals surface area contributed by atoms with Gasteiger partial charge in [0, 0.05) is 88.0 Å².